The summed E-state index contributed by atoms with van der Waals surface area (Å²) in [6, 6.07) is 12.8. The van der Waals surface area contributed by atoms with Gasteiger partial charge in [0.15, 0.2) is 11.6 Å². The maximum Gasteiger partial charge on any atom is 0.171 e. The number of hydrogen-bond donors (Lipinski definition) is 1. The number of benzene rings is 1. The van der Waals surface area contributed by atoms with Crippen molar-refractivity contribution >= 4 is 5.78 Å². The Labute approximate surface area is 231 Å². The van der Waals surface area contributed by atoms with Gasteiger partial charge in [-0.05, 0) is 71.9 Å². The Morgan fingerprint density at radius 1 is 1.00 bits per heavy atom. The topological polar surface area (TPSA) is 68.7 Å². The number of carbonyl (C=O) groups excluding carboxylic acids is 1. The minimum Gasteiger partial charge on any atom is -0.385 e. The monoisotopic (exact) mass is 525 g/mol. The number of carbonyl (C=O) groups is 1. The molecule has 1 aromatic carbocycles. The summed E-state index contributed by atoms with van der Waals surface area (Å²) in [5.41, 5.74) is 4.69. The van der Waals surface area contributed by atoms with Gasteiger partial charge in [0.1, 0.15) is 0 Å². The molecular weight excluding hydrogens is 486 g/mol. The van der Waals surface area contributed by atoms with E-state index in [9.17, 15) is 9.90 Å². The van der Waals surface area contributed by atoms with Gasteiger partial charge in [0, 0.05) is 42.0 Å². The molecule has 5 heteroatoms. The number of ether oxygens (including phenoxy) is 2. The average Bonchev–Trinajstić information content (AvgIpc) is 3.24. The fourth-order valence-corrected chi connectivity index (χ4v) is 8.29. The van der Waals surface area contributed by atoms with Crippen LogP contribution in [0.2, 0.25) is 0 Å². The maximum absolute atomic E-state index is 13.2. The van der Waals surface area contributed by atoms with E-state index in [1.165, 1.54) is 16.7 Å². The molecule has 0 bridgehead atoms. The molecule has 1 aliphatic heterocycles. The standard InChI is InChI=1S/C34H39NO4/c1-31(2)20-38-34(39-21-31)15-13-28-30-25(12-14-33(28,37)19-34)27-10-11-29(36)32(27,3)17-26(30)23-8-6-22(7-9-23)24-5-4-16-35-18-24/h4-11,16,18,25-27,37H,12-15,17,19-21H2,1-3H3/t25-,26+,27-,32-,33+/m0/s1. The number of aliphatic hydroxyl groups is 1. The van der Waals surface area contributed by atoms with E-state index in [0.29, 0.717) is 26.1 Å². The Morgan fingerprint density at radius 2 is 1.77 bits per heavy atom. The number of allylic oxidation sites excluding steroid dienone is 3. The Balaban J connectivity index is 1.29. The predicted molar refractivity (Wildman–Crippen MR) is 150 cm³/mol. The summed E-state index contributed by atoms with van der Waals surface area (Å²) in [6.45, 7) is 7.79. The van der Waals surface area contributed by atoms with Crippen molar-refractivity contribution in [2.75, 3.05) is 13.2 Å². The lowest BCUT2D eigenvalue weighted by Gasteiger charge is -2.56. The highest BCUT2D eigenvalue weighted by molar-refractivity contribution is 5.98. The molecule has 0 radical (unpaired) electrons. The van der Waals surface area contributed by atoms with Crippen LogP contribution in [0.4, 0.5) is 0 Å². The molecule has 204 valence electrons. The van der Waals surface area contributed by atoms with Gasteiger partial charge in [-0.3, -0.25) is 9.78 Å². The molecule has 1 aromatic heterocycles. The summed E-state index contributed by atoms with van der Waals surface area (Å²) in [6.07, 6.45) is 12.0. The highest BCUT2D eigenvalue weighted by atomic mass is 16.7. The Hall–Kier alpha value is -2.60. The summed E-state index contributed by atoms with van der Waals surface area (Å²) in [5.74, 6) is 0.122. The molecule has 5 aliphatic rings. The maximum atomic E-state index is 13.2. The van der Waals surface area contributed by atoms with Crippen LogP contribution in [0.5, 0.6) is 0 Å². The van der Waals surface area contributed by atoms with Gasteiger partial charge < -0.3 is 14.6 Å². The second-order valence-electron chi connectivity index (χ2n) is 13.7. The van der Waals surface area contributed by atoms with Gasteiger partial charge in [-0.2, -0.15) is 0 Å². The molecule has 3 fully saturated rings. The number of aromatic nitrogens is 1. The average molecular weight is 526 g/mol. The zero-order valence-corrected chi connectivity index (χ0v) is 23.3. The molecule has 2 saturated carbocycles. The minimum atomic E-state index is -0.931. The fourth-order valence-electron chi connectivity index (χ4n) is 8.29. The molecule has 5 atom stereocenters. The SMILES string of the molecule is CC1(C)COC2(CCC3=C4[C@@H](CC[C@@]3(O)C2)[C@@H]2C=CC(=O)[C@@]2(C)C[C@@H]4c2ccc(-c3cccnc3)cc2)OC1. The lowest BCUT2D eigenvalue weighted by Crippen LogP contribution is -2.57. The first kappa shape index (κ1) is 25.4. The Kier molecular flexibility index (Phi) is 5.66. The molecule has 5 nitrogen and oxygen atoms in total. The van der Waals surface area contributed by atoms with Crippen LogP contribution in [0, 0.1) is 22.7 Å². The smallest absolute Gasteiger partial charge is 0.171 e. The third-order valence-corrected chi connectivity index (χ3v) is 10.4. The molecular formula is C34H39NO4. The molecule has 0 unspecified atom stereocenters. The third kappa shape index (κ3) is 4.00. The molecule has 1 saturated heterocycles. The molecule has 7 rings (SSSR count). The summed E-state index contributed by atoms with van der Waals surface area (Å²) >= 11 is 0. The van der Waals surface area contributed by atoms with E-state index >= 15 is 0 Å². The van der Waals surface area contributed by atoms with Crippen LogP contribution < -0.4 is 0 Å². The minimum absolute atomic E-state index is 0.00743. The van der Waals surface area contributed by atoms with Gasteiger partial charge in [-0.1, -0.05) is 62.8 Å². The number of nitrogens with zero attached hydrogens (tertiary/aromatic N) is 1. The third-order valence-electron chi connectivity index (χ3n) is 10.4. The quantitative estimate of drug-likeness (QED) is 0.460. The highest BCUT2D eigenvalue weighted by Crippen LogP contribution is 2.63. The van der Waals surface area contributed by atoms with Crippen LogP contribution in [0.15, 0.2) is 72.1 Å². The summed E-state index contributed by atoms with van der Waals surface area (Å²) < 4.78 is 12.7. The number of ketones is 1. The number of rotatable bonds is 2. The molecule has 2 heterocycles. The van der Waals surface area contributed by atoms with Crippen molar-refractivity contribution in [2.24, 2.45) is 22.7 Å². The van der Waals surface area contributed by atoms with Crippen molar-refractivity contribution in [2.45, 2.75) is 76.6 Å². The van der Waals surface area contributed by atoms with Crippen molar-refractivity contribution in [1.82, 2.24) is 4.98 Å². The first-order valence-corrected chi connectivity index (χ1v) is 14.6. The van der Waals surface area contributed by atoms with E-state index in [2.05, 4.69) is 62.2 Å². The van der Waals surface area contributed by atoms with Gasteiger partial charge in [0.05, 0.1) is 18.8 Å². The van der Waals surface area contributed by atoms with Crippen molar-refractivity contribution in [1.29, 1.82) is 0 Å². The van der Waals surface area contributed by atoms with Gasteiger partial charge >= 0.3 is 0 Å². The van der Waals surface area contributed by atoms with E-state index in [1.807, 2.05) is 18.3 Å². The zero-order valence-electron chi connectivity index (χ0n) is 23.3. The molecule has 4 aliphatic carbocycles. The fraction of sp³-hybridized carbons (Fsp3) is 0.529. The van der Waals surface area contributed by atoms with Crippen molar-refractivity contribution in [3.63, 3.8) is 0 Å². The van der Waals surface area contributed by atoms with Crippen LogP contribution in [-0.2, 0) is 14.3 Å². The lowest BCUT2D eigenvalue weighted by molar-refractivity contribution is -0.322. The molecule has 39 heavy (non-hydrogen) atoms. The van der Waals surface area contributed by atoms with E-state index in [-0.39, 0.29) is 29.0 Å². The van der Waals surface area contributed by atoms with E-state index in [0.717, 1.165) is 36.8 Å². The molecule has 0 amide bonds. The predicted octanol–water partition coefficient (Wildman–Crippen LogP) is 6.39. The van der Waals surface area contributed by atoms with E-state index in [1.54, 1.807) is 6.20 Å². The van der Waals surface area contributed by atoms with Crippen molar-refractivity contribution < 1.29 is 19.4 Å². The van der Waals surface area contributed by atoms with Crippen molar-refractivity contribution in [3.8, 4) is 11.1 Å². The first-order valence-electron chi connectivity index (χ1n) is 14.6. The van der Waals surface area contributed by atoms with Crippen molar-refractivity contribution in [3.05, 3.63) is 77.7 Å². The second-order valence-corrected chi connectivity index (χ2v) is 13.7. The van der Waals surface area contributed by atoms with Crippen LogP contribution in [0.25, 0.3) is 11.1 Å². The summed E-state index contributed by atoms with van der Waals surface area (Å²) in [5, 5.41) is 12.3. The van der Waals surface area contributed by atoms with Gasteiger partial charge in [0.25, 0.3) is 0 Å². The number of pyridine rings is 1. The lowest BCUT2D eigenvalue weighted by atomic mass is 9.51. The van der Waals surface area contributed by atoms with Gasteiger partial charge in [-0.25, -0.2) is 0 Å². The molecule has 1 N–H and O–H groups in total. The largest absolute Gasteiger partial charge is 0.385 e. The normalized spacial score (nSPS) is 36.4. The Bertz CT molecular complexity index is 1350. The zero-order chi connectivity index (χ0) is 27.0. The second kappa shape index (κ2) is 8.70. The summed E-state index contributed by atoms with van der Waals surface area (Å²) in [7, 11) is 0. The van der Waals surface area contributed by atoms with E-state index < -0.39 is 16.8 Å². The number of hydrogen-bond acceptors (Lipinski definition) is 5. The molecule has 2 aromatic rings. The van der Waals surface area contributed by atoms with Crippen LogP contribution in [0.1, 0.15) is 70.8 Å². The van der Waals surface area contributed by atoms with Crippen LogP contribution >= 0.6 is 0 Å². The first-order chi connectivity index (χ1) is 18.6. The number of fused-ring (bicyclic) bond motifs is 4. The molecule has 1 spiro atoms. The van der Waals surface area contributed by atoms with Crippen LogP contribution in [0.3, 0.4) is 0 Å². The van der Waals surface area contributed by atoms with E-state index in [4.69, 9.17) is 9.47 Å². The van der Waals surface area contributed by atoms with Gasteiger partial charge in [-0.15, -0.1) is 0 Å². The highest BCUT2D eigenvalue weighted by Gasteiger charge is 2.59. The summed E-state index contributed by atoms with van der Waals surface area (Å²) in [4.78, 5) is 17.5. The van der Waals surface area contributed by atoms with Gasteiger partial charge in [0.2, 0.25) is 0 Å². The Morgan fingerprint density at radius 3 is 2.49 bits per heavy atom. The van der Waals surface area contributed by atoms with Crippen LogP contribution in [-0.4, -0.2) is 40.5 Å².